The highest BCUT2D eigenvalue weighted by Gasteiger charge is 2.48. The molecule has 2 nitrogen and oxygen atoms in total. The highest BCUT2D eigenvalue weighted by molar-refractivity contribution is 7.99. The molecule has 1 N–H and O–H groups in total. The van der Waals surface area contributed by atoms with Gasteiger partial charge in [-0.25, -0.2) is 0 Å². The molecule has 0 amide bonds. The van der Waals surface area contributed by atoms with Gasteiger partial charge in [-0.1, -0.05) is 54.2 Å². The smallest absolute Gasteiger partial charge is 0.389 e. The molecule has 0 radical (unpaired) electrons. The third-order valence-corrected chi connectivity index (χ3v) is 8.32. The minimum Gasteiger partial charge on any atom is -0.507 e. The van der Waals surface area contributed by atoms with Crippen molar-refractivity contribution in [1.82, 2.24) is 0 Å². The monoisotopic (exact) mass is 562 g/mol. The van der Waals surface area contributed by atoms with Crippen LogP contribution in [0.4, 0.5) is 26.3 Å². The second-order valence-corrected chi connectivity index (χ2v) is 10.8. The molecule has 0 bridgehead atoms. The Morgan fingerprint density at radius 3 is 2.00 bits per heavy atom. The number of phenols is 1. The fourth-order valence-corrected chi connectivity index (χ4v) is 6.54. The Bertz CT molecular complexity index is 1490. The first kappa shape index (κ1) is 27.2. The van der Waals surface area contributed by atoms with Crippen LogP contribution < -0.4 is 4.74 Å². The highest BCUT2D eigenvalue weighted by Crippen LogP contribution is 2.59. The van der Waals surface area contributed by atoms with E-state index >= 15 is 0 Å². The molecule has 0 heterocycles. The molecule has 39 heavy (non-hydrogen) atoms. The van der Waals surface area contributed by atoms with Crippen LogP contribution in [0, 0.1) is 0 Å². The number of hydrogen-bond donors (Lipinski definition) is 1. The summed E-state index contributed by atoms with van der Waals surface area (Å²) in [6.45, 7) is 0. The number of ether oxygens (including phenoxy) is 1. The van der Waals surface area contributed by atoms with E-state index < -0.39 is 43.5 Å². The zero-order chi connectivity index (χ0) is 28.0. The van der Waals surface area contributed by atoms with Crippen LogP contribution in [0.3, 0.4) is 0 Å². The normalized spacial score (nSPS) is 14.3. The molecule has 4 aromatic carbocycles. The number of halogens is 6. The number of fused-ring (bicyclic) bond motifs is 5. The molecule has 4 aromatic rings. The first-order chi connectivity index (χ1) is 18.4. The van der Waals surface area contributed by atoms with Gasteiger partial charge in [0.1, 0.15) is 11.5 Å². The van der Waals surface area contributed by atoms with Gasteiger partial charge in [-0.2, -0.15) is 26.3 Å². The van der Waals surface area contributed by atoms with Crippen molar-refractivity contribution in [3.8, 4) is 22.6 Å². The van der Waals surface area contributed by atoms with Crippen molar-refractivity contribution in [2.45, 2.75) is 53.2 Å². The molecule has 0 aliphatic heterocycles. The maximum Gasteiger partial charge on any atom is 0.389 e. The topological polar surface area (TPSA) is 29.5 Å². The van der Waals surface area contributed by atoms with Crippen LogP contribution in [-0.4, -0.2) is 24.6 Å². The van der Waals surface area contributed by atoms with Crippen molar-refractivity contribution in [3.05, 3.63) is 83.9 Å². The minimum absolute atomic E-state index is 0.227. The molecular formula is C30H24F6O2S. The van der Waals surface area contributed by atoms with Crippen LogP contribution in [0.1, 0.15) is 36.8 Å². The van der Waals surface area contributed by atoms with Crippen molar-refractivity contribution in [3.63, 3.8) is 0 Å². The zero-order valence-corrected chi connectivity index (χ0v) is 21.6. The minimum atomic E-state index is -4.56. The Hall–Kier alpha value is -3.33. The maximum atomic E-state index is 13.5. The average molecular weight is 563 g/mol. The number of benzene rings is 4. The van der Waals surface area contributed by atoms with E-state index in [1.54, 1.807) is 36.4 Å². The predicted molar refractivity (Wildman–Crippen MR) is 140 cm³/mol. The average Bonchev–Trinajstić information content (AvgIpc) is 3.15. The number of phenolic OH excluding ortho intramolecular Hbond substituents is 1. The standard InChI is InChI=1S/C30H24F6O2S/c1-38-25-15-20-21(16-26(25)39-18-7-3-2-4-8-18)27-19-9-5-6-10-22(19)28(11-13-29(31,32)33,12-14-30(34,35)36)23(27)17-24(20)37/h2-10,15-17,37H,11-14H2,1H3. The van der Waals surface area contributed by atoms with Crippen molar-refractivity contribution in [1.29, 1.82) is 0 Å². The van der Waals surface area contributed by atoms with E-state index in [4.69, 9.17) is 4.74 Å². The number of rotatable bonds is 7. The van der Waals surface area contributed by atoms with Gasteiger partial charge in [0.05, 0.1) is 12.0 Å². The van der Waals surface area contributed by atoms with E-state index in [-0.39, 0.29) is 11.3 Å². The third-order valence-electron chi connectivity index (χ3n) is 7.27. The Morgan fingerprint density at radius 2 is 1.38 bits per heavy atom. The van der Waals surface area contributed by atoms with Crippen LogP contribution in [0.15, 0.2) is 82.6 Å². The Labute approximate surface area is 225 Å². The summed E-state index contributed by atoms with van der Waals surface area (Å²) < 4.78 is 86.5. The van der Waals surface area contributed by atoms with Gasteiger partial charge in [0.2, 0.25) is 0 Å². The fraction of sp³-hybridized carbons (Fsp3) is 0.267. The Kier molecular flexibility index (Phi) is 6.99. The highest BCUT2D eigenvalue weighted by atomic mass is 32.2. The fourth-order valence-electron chi connectivity index (χ4n) is 5.57. The molecule has 0 atom stereocenters. The molecule has 0 spiro atoms. The number of hydrogen-bond acceptors (Lipinski definition) is 3. The van der Waals surface area contributed by atoms with Gasteiger partial charge in [0, 0.05) is 28.5 Å². The van der Waals surface area contributed by atoms with Crippen LogP contribution in [0.2, 0.25) is 0 Å². The molecule has 0 saturated heterocycles. The maximum absolute atomic E-state index is 13.5. The van der Waals surface area contributed by atoms with Gasteiger partial charge in [-0.05, 0) is 70.8 Å². The zero-order valence-electron chi connectivity index (χ0n) is 20.8. The summed E-state index contributed by atoms with van der Waals surface area (Å²) in [5, 5.41) is 12.0. The van der Waals surface area contributed by atoms with Gasteiger partial charge >= 0.3 is 12.4 Å². The lowest BCUT2D eigenvalue weighted by molar-refractivity contribution is -0.143. The van der Waals surface area contributed by atoms with Gasteiger partial charge < -0.3 is 9.84 Å². The summed E-state index contributed by atoms with van der Waals surface area (Å²) in [5.41, 5.74) is 0.231. The molecule has 1 aliphatic rings. The van der Waals surface area contributed by atoms with E-state index in [0.29, 0.717) is 38.1 Å². The molecule has 0 aromatic heterocycles. The predicted octanol–water partition coefficient (Wildman–Crippen LogP) is 9.66. The molecule has 0 saturated carbocycles. The quantitative estimate of drug-likeness (QED) is 0.228. The van der Waals surface area contributed by atoms with Crippen LogP contribution in [0.5, 0.6) is 11.5 Å². The number of aromatic hydroxyl groups is 1. The second kappa shape index (κ2) is 10.0. The van der Waals surface area contributed by atoms with E-state index in [1.807, 2.05) is 30.3 Å². The first-order valence-corrected chi connectivity index (χ1v) is 13.1. The Balaban J connectivity index is 1.78. The van der Waals surface area contributed by atoms with Crippen molar-refractivity contribution in [2.24, 2.45) is 0 Å². The third kappa shape index (κ3) is 5.29. The lowest BCUT2D eigenvalue weighted by Crippen LogP contribution is -2.29. The van der Waals surface area contributed by atoms with E-state index in [0.717, 1.165) is 4.90 Å². The van der Waals surface area contributed by atoms with E-state index in [1.165, 1.54) is 24.9 Å². The van der Waals surface area contributed by atoms with Crippen LogP contribution in [0.25, 0.3) is 21.9 Å². The van der Waals surface area contributed by atoms with Gasteiger partial charge in [-0.15, -0.1) is 0 Å². The number of methoxy groups -OCH3 is 1. The van der Waals surface area contributed by atoms with Gasteiger partial charge in [0.25, 0.3) is 0 Å². The lowest BCUT2D eigenvalue weighted by Gasteiger charge is -2.33. The molecule has 1 aliphatic carbocycles. The van der Waals surface area contributed by atoms with Crippen molar-refractivity contribution in [2.75, 3.05) is 7.11 Å². The number of alkyl halides is 6. The molecule has 5 rings (SSSR count). The molecule has 9 heteroatoms. The van der Waals surface area contributed by atoms with E-state index in [9.17, 15) is 31.4 Å². The van der Waals surface area contributed by atoms with Gasteiger partial charge in [-0.3, -0.25) is 0 Å². The van der Waals surface area contributed by atoms with E-state index in [2.05, 4.69) is 0 Å². The van der Waals surface area contributed by atoms with Crippen LogP contribution >= 0.6 is 11.8 Å². The second-order valence-electron chi connectivity index (χ2n) is 9.64. The summed E-state index contributed by atoms with van der Waals surface area (Å²) in [5.74, 6) is 0.257. The molecule has 0 fully saturated rings. The summed E-state index contributed by atoms with van der Waals surface area (Å²) in [6.07, 6.45) is -12.8. The molecule has 0 unspecified atom stereocenters. The Morgan fingerprint density at radius 1 is 0.769 bits per heavy atom. The SMILES string of the molecule is COc1cc2c(O)cc3c(c2cc1Sc1ccccc1)-c1ccccc1C3(CCC(F)(F)F)CCC(F)(F)F. The summed E-state index contributed by atoms with van der Waals surface area (Å²) in [6, 6.07) is 20.9. The summed E-state index contributed by atoms with van der Waals surface area (Å²) in [4.78, 5) is 1.61. The van der Waals surface area contributed by atoms with Crippen LogP contribution in [-0.2, 0) is 5.41 Å². The molecule has 204 valence electrons. The lowest BCUT2D eigenvalue weighted by atomic mass is 9.71. The first-order valence-electron chi connectivity index (χ1n) is 12.3. The van der Waals surface area contributed by atoms with Crippen molar-refractivity contribution >= 4 is 22.5 Å². The molecular weight excluding hydrogens is 538 g/mol. The largest absolute Gasteiger partial charge is 0.507 e. The van der Waals surface area contributed by atoms with Gasteiger partial charge in [0.15, 0.2) is 0 Å². The summed E-state index contributed by atoms with van der Waals surface area (Å²) >= 11 is 1.41. The summed E-state index contributed by atoms with van der Waals surface area (Å²) in [7, 11) is 1.50. The van der Waals surface area contributed by atoms with Crippen molar-refractivity contribution < 1.29 is 36.2 Å².